The topological polar surface area (TPSA) is 169 Å². The van der Waals surface area contributed by atoms with Crippen LogP contribution in [0.15, 0.2) is 12.2 Å². The first-order chi connectivity index (χ1) is 27.3. The minimum Gasteiger partial charge on any atom is -0.394 e. The quantitative estimate of drug-likeness (QED) is 0.0238. The summed E-state index contributed by atoms with van der Waals surface area (Å²) in [6.45, 7) is 3.61. The minimum absolute atomic E-state index is 0.301. The zero-order chi connectivity index (χ0) is 41.1. The maximum Gasteiger partial charge on any atom is 0.249 e. The third kappa shape index (κ3) is 26.8. The fourth-order valence-electron chi connectivity index (χ4n) is 7.57. The van der Waals surface area contributed by atoms with Crippen molar-refractivity contribution in [2.75, 3.05) is 13.2 Å². The standard InChI is InChI=1S/C46H89NO9/c1-3-5-7-9-11-13-15-17-19-21-23-25-27-29-31-33-35-40(50)45(54)47-38(37-55-46-44(53)43(52)42(51)41(36-48)56-46)39(49)34-32-30-28-26-24-22-20-18-16-14-12-10-8-6-4-2/h32,34,38-44,46,48-53H,3-31,33,35-37H2,1-2H3,(H,47,54)/b34-32+. The number of hydrogen-bond donors (Lipinski definition) is 7. The Labute approximate surface area is 342 Å². The van der Waals surface area contributed by atoms with E-state index in [1.807, 2.05) is 6.08 Å². The van der Waals surface area contributed by atoms with Gasteiger partial charge in [0.1, 0.15) is 30.5 Å². The fourth-order valence-corrected chi connectivity index (χ4v) is 7.57. The Balaban J connectivity index is 2.41. The number of hydrogen-bond acceptors (Lipinski definition) is 9. The van der Waals surface area contributed by atoms with Crippen LogP contribution in [-0.2, 0) is 14.3 Å². The lowest BCUT2D eigenvalue weighted by molar-refractivity contribution is -0.302. The van der Waals surface area contributed by atoms with Crippen LogP contribution in [0.2, 0.25) is 0 Å². The van der Waals surface area contributed by atoms with Crippen molar-refractivity contribution < 1.29 is 44.9 Å². The molecule has 0 aromatic carbocycles. The third-order valence-electron chi connectivity index (χ3n) is 11.5. The number of aliphatic hydroxyl groups excluding tert-OH is 6. The van der Waals surface area contributed by atoms with E-state index in [1.54, 1.807) is 6.08 Å². The summed E-state index contributed by atoms with van der Waals surface area (Å²) in [5, 5.41) is 64.7. The Morgan fingerprint density at radius 1 is 0.607 bits per heavy atom. The van der Waals surface area contributed by atoms with Crippen molar-refractivity contribution in [2.45, 2.75) is 262 Å². The maximum atomic E-state index is 13.0. The molecule has 1 rings (SSSR count). The van der Waals surface area contributed by atoms with Crippen molar-refractivity contribution >= 4 is 5.91 Å². The molecule has 8 atom stereocenters. The van der Waals surface area contributed by atoms with Crippen molar-refractivity contribution in [3.63, 3.8) is 0 Å². The number of nitrogens with one attached hydrogen (secondary N) is 1. The smallest absolute Gasteiger partial charge is 0.249 e. The lowest BCUT2D eigenvalue weighted by Gasteiger charge is -2.40. The van der Waals surface area contributed by atoms with Crippen LogP contribution in [0.1, 0.15) is 213 Å². The van der Waals surface area contributed by atoms with Crippen LogP contribution in [0.3, 0.4) is 0 Å². The van der Waals surface area contributed by atoms with Crippen LogP contribution in [0, 0.1) is 0 Å². The van der Waals surface area contributed by atoms with E-state index in [0.717, 1.165) is 44.9 Å². The number of ether oxygens (including phenoxy) is 2. The number of rotatable bonds is 39. The van der Waals surface area contributed by atoms with Crippen LogP contribution in [0.4, 0.5) is 0 Å². The van der Waals surface area contributed by atoms with E-state index in [9.17, 15) is 35.4 Å². The second-order valence-corrected chi connectivity index (χ2v) is 16.7. The Morgan fingerprint density at radius 3 is 1.45 bits per heavy atom. The van der Waals surface area contributed by atoms with E-state index < -0.39 is 61.5 Å². The molecule has 8 unspecified atom stereocenters. The average molecular weight is 800 g/mol. The number of amides is 1. The van der Waals surface area contributed by atoms with Gasteiger partial charge in [-0.15, -0.1) is 0 Å². The molecular weight excluding hydrogens is 711 g/mol. The summed E-state index contributed by atoms with van der Waals surface area (Å²) in [4.78, 5) is 13.0. The third-order valence-corrected chi connectivity index (χ3v) is 11.5. The Kier molecular flexibility index (Phi) is 34.9. The second kappa shape index (κ2) is 36.9. The first-order valence-electron chi connectivity index (χ1n) is 23.5. The van der Waals surface area contributed by atoms with E-state index >= 15 is 0 Å². The number of carbonyl (C=O) groups is 1. The summed E-state index contributed by atoms with van der Waals surface area (Å²) in [6, 6.07) is -0.974. The molecule has 0 bridgehead atoms. The summed E-state index contributed by atoms with van der Waals surface area (Å²) in [5.41, 5.74) is 0. The molecule has 0 radical (unpaired) electrons. The van der Waals surface area contributed by atoms with Gasteiger partial charge in [0.2, 0.25) is 5.91 Å². The Morgan fingerprint density at radius 2 is 1.02 bits per heavy atom. The summed E-state index contributed by atoms with van der Waals surface area (Å²) in [6.07, 6.45) is 31.5. The molecule has 1 aliphatic rings. The number of allylic oxidation sites excluding steroid dienone is 1. The van der Waals surface area contributed by atoms with Crippen molar-refractivity contribution in [1.29, 1.82) is 0 Å². The van der Waals surface area contributed by atoms with E-state index in [0.29, 0.717) is 6.42 Å². The molecule has 1 aliphatic heterocycles. The maximum absolute atomic E-state index is 13.0. The molecule has 0 aromatic rings. The fraction of sp³-hybridized carbons (Fsp3) is 0.935. The highest BCUT2D eigenvalue weighted by molar-refractivity contribution is 5.80. The molecule has 0 spiro atoms. The van der Waals surface area contributed by atoms with Gasteiger partial charge in [-0.2, -0.15) is 0 Å². The monoisotopic (exact) mass is 800 g/mol. The van der Waals surface area contributed by atoms with Gasteiger partial charge in [-0.05, 0) is 19.3 Å². The SMILES string of the molecule is CCCCCCCCCCCCCCC/C=C/C(O)C(COC1OC(CO)C(O)C(O)C1O)NC(=O)C(O)CCCCCCCCCCCCCCCCCC. The zero-order valence-electron chi connectivity index (χ0n) is 36.0. The summed E-state index contributed by atoms with van der Waals surface area (Å²) in [5.74, 6) is -0.614. The van der Waals surface area contributed by atoms with Crippen molar-refractivity contribution in [3.8, 4) is 0 Å². The highest BCUT2D eigenvalue weighted by atomic mass is 16.7. The van der Waals surface area contributed by atoms with Crippen molar-refractivity contribution in [1.82, 2.24) is 5.32 Å². The summed E-state index contributed by atoms with van der Waals surface area (Å²) < 4.78 is 11.1. The van der Waals surface area contributed by atoms with Crippen LogP contribution >= 0.6 is 0 Å². The van der Waals surface area contributed by atoms with Crippen LogP contribution in [-0.4, -0.2) is 98.7 Å². The van der Waals surface area contributed by atoms with Gasteiger partial charge in [-0.3, -0.25) is 4.79 Å². The summed E-state index contributed by atoms with van der Waals surface area (Å²) >= 11 is 0. The lowest BCUT2D eigenvalue weighted by atomic mass is 9.99. The van der Waals surface area contributed by atoms with Gasteiger partial charge in [0.25, 0.3) is 0 Å². The van der Waals surface area contributed by atoms with Crippen LogP contribution < -0.4 is 5.32 Å². The van der Waals surface area contributed by atoms with Gasteiger partial charge < -0.3 is 45.4 Å². The lowest BCUT2D eigenvalue weighted by Crippen LogP contribution is -2.60. The van der Waals surface area contributed by atoms with E-state index in [2.05, 4.69) is 19.2 Å². The number of unbranched alkanes of at least 4 members (excludes halogenated alkanes) is 28. The molecule has 1 heterocycles. The minimum atomic E-state index is -1.61. The number of aliphatic hydroxyl groups is 6. The van der Waals surface area contributed by atoms with Crippen molar-refractivity contribution in [3.05, 3.63) is 12.2 Å². The Bertz CT molecular complexity index is 906. The second-order valence-electron chi connectivity index (χ2n) is 16.7. The van der Waals surface area contributed by atoms with Crippen LogP contribution in [0.25, 0.3) is 0 Å². The van der Waals surface area contributed by atoms with Gasteiger partial charge in [-0.25, -0.2) is 0 Å². The predicted octanol–water partition coefficient (Wildman–Crippen LogP) is 8.70. The van der Waals surface area contributed by atoms with Gasteiger partial charge in [-0.1, -0.05) is 206 Å². The van der Waals surface area contributed by atoms with E-state index in [4.69, 9.17) is 9.47 Å². The molecule has 0 aliphatic carbocycles. The Hall–Kier alpha value is -1.11. The summed E-state index contributed by atoms with van der Waals surface area (Å²) in [7, 11) is 0. The molecule has 332 valence electrons. The molecule has 56 heavy (non-hydrogen) atoms. The average Bonchev–Trinajstić information content (AvgIpc) is 3.20. The molecule has 7 N–H and O–H groups in total. The molecule has 10 heteroatoms. The van der Waals surface area contributed by atoms with E-state index in [1.165, 1.54) is 148 Å². The highest BCUT2D eigenvalue weighted by Crippen LogP contribution is 2.23. The van der Waals surface area contributed by atoms with Gasteiger partial charge >= 0.3 is 0 Å². The molecule has 1 amide bonds. The number of carbonyl (C=O) groups excluding carboxylic acids is 1. The van der Waals surface area contributed by atoms with Gasteiger partial charge in [0.05, 0.1) is 25.4 Å². The predicted molar refractivity (Wildman–Crippen MR) is 227 cm³/mol. The first-order valence-corrected chi connectivity index (χ1v) is 23.5. The normalized spacial score (nSPS) is 21.8. The largest absolute Gasteiger partial charge is 0.394 e. The molecule has 1 fully saturated rings. The van der Waals surface area contributed by atoms with Gasteiger partial charge in [0.15, 0.2) is 6.29 Å². The van der Waals surface area contributed by atoms with E-state index in [-0.39, 0.29) is 6.61 Å². The molecular formula is C46H89NO9. The molecule has 0 saturated carbocycles. The molecule has 1 saturated heterocycles. The van der Waals surface area contributed by atoms with Crippen molar-refractivity contribution in [2.24, 2.45) is 0 Å². The molecule has 0 aromatic heterocycles. The first kappa shape index (κ1) is 52.9. The zero-order valence-corrected chi connectivity index (χ0v) is 36.0. The van der Waals surface area contributed by atoms with Gasteiger partial charge in [0, 0.05) is 0 Å². The molecule has 10 nitrogen and oxygen atoms in total. The van der Waals surface area contributed by atoms with Crippen LogP contribution in [0.5, 0.6) is 0 Å². The highest BCUT2D eigenvalue weighted by Gasteiger charge is 2.44.